The number of carbonyl (C=O) groups is 1. The van der Waals surface area contributed by atoms with Gasteiger partial charge in [0.25, 0.3) is 0 Å². The molecule has 3 aromatic rings. The van der Waals surface area contributed by atoms with Crippen molar-refractivity contribution >= 4 is 34.1 Å². The summed E-state index contributed by atoms with van der Waals surface area (Å²) in [5.74, 6) is 6.65. The molecule has 0 aliphatic heterocycles. The van der Waals surface area contributed by atoms with Crippen molar-refractivity contribution in [2.75, 3.05) is 16.9 Å². The van der Waals surface area contributed by atoms with Gasteiger partial charge in [-0.3, -0.25) is 4.79 Å². The van der Waals surface area contributed by atoms with E-state index in [0.29, 0.717) is 16.1 Å². The molecule has 3 rings (SSSR count). The molecule has 3 N–H and O–H groups in total. The van der Waals surface area contributed by atoms with E-state index in [-0.39, 0.29) is 11.7 Å². The van der Waals surface area contributed by atoms with Crippen LogP contribution in [-0.4, -0.2) is 31.5 Å². The van der Waals surface area contributed by atoms with E-state index in [1.807, 2.05) is 38.1 Å². The van der Waals surface area contributed by atoms with Crippen LogP contribution >= 0.6 is 23.1 Å². The fourth-order valence-electron chi connectivity index (χ4n) is 2.05. The summed E-state index contributed by atoms with van der Waals surface area (Å²) in [6.45, 7) is 3.94. The maximum absolute atomic E-state index is 12.0. The third kappa shape index (κ3) is 3.74. The minimum atomic E-state index is -0.158. The molecule has 0 saturated carbocycles. The number of nitrogens with two attached hydrogens (primary N) is 1. The van der Waals surface area contributed by atoms with Gasteiger partial charge in [0, 0.05) is 16.6 Å². The van der Waals surface area contributed by atoms with Crippen molar-refractivity contribution in [1.29, 1.82) is 0 Å². The maximum Gasteiger partial charge on any atom is 0.236 e. The van der Waals surface area contributed by atoms with E-state index >= 15 is 0 Å². The lowest BCUT2D eigenvalue weighted by Crippen LogP contribution is -2.16. The Morgan fingerprint density at radius 3 is 2.92 bits per heavy atom. The van der Waals surface area contributed by atoms with Gasteiger partial charge in [-0.2, -0.15) is 0 Å². The number of amides is 1. The number of thioether (sulfide) groups is 1. The number of carbonyl (C=O) groups excluding carboxylic acids is 1. The molecule has 0 atom stereocenters. The molecule has 7 nitrogen and oxygen atoms in total. The van der Waals surface area contributed by atoms with Gasteiger partial charge in [-0.05, 0) is 19.9 Å². The first kappa shape index (κ1) is 16.5. The zero-order chi connectivity index (χ0) is 17.1. The average molecular weight is 360 g/mol. The Labute approximate surface area is 147 Å². The molecular formula is C15H16N6OS2. The van der Waals surface area contributed by atoms with Crippen molar-refractivity contribution in [3.63, 3.8) is 0 Å². The number of aromatic nitrogens is 4. The fourth-order valence-corrected chi connectivity index (χ4v) is 3.39. The van der Waals surface area contributed by atoms with Crippen LogP contribution in [0.4, 0.5) is 5.13 Å². The van der Waals surface area contributed by atoms with Crippen LogP contribution in [0.5, 0.6) is 0 Å². The van der Waals surface area contributed by atoms with Crippen LogP contribution < -0.4 is 11.2 Å². The lowest BCUT2D eigenvalue weighted by atomic mass is 10.1. The summed E-state index contributed by atoms with van der Waals surface area (Å²) in [5, 5.41) is 12.0. The number of hydrogen-bond donors (Lipinski definition) is 2. The maximum atomic E-state index is 12.0. The molecule has 0 fully saturated rings. The summed E-state index contributed by atoms with van der Waals surface area (Å²) in [7, 11) is 0. The second-order valence-corrected chi connectivity index (χ2v) is 7.34. The van der Waals surface area contributed by atoms with E-state index in [2.05, 4.69) is 20.5 Å². The standard InChI is InChI=1S/C15H16N6OS2/c1-9-4-3-5-11(6-9)13-19-20-15(21(13)16)23-8-12(22)18-14-17-7-10(2)24-14/h3-7H,8,16H2,1-2H3,(H,17,18,22). The number of nitrogens with one attached hydrogen (secondary N) is 1. The number of hydrogen-bond acceptors (Lipinski definition) is 7. The van der Waals surface area contributed by atoms with Crippen LogP contribution in [0, 0.1) is 13.8 Å². The van der Waals surface area contributed by atoms with Gasteiger partial charge in [-0.25, -0.2) is 9.66 Å². The normalized spacial score (nSPS) is 10.8. The van der Waals surface area contributed by atoms with E-state index in [4.69, 9.17) is 5.84 Å². The molecular weight excluding hydrogens is 344 g/mol. The Kier molecular flexibility index (Phi) is 4.81. The first-order valence-corrected chi connectivity index (χ1v) is 8.96. The highest BCUT2D eigenvalue weighted by atomic mass is 32.2. The number of anilines is 1. The van der Waals surface area contributed by atoms with E-state index < -0.39 is 0 Å². The third-order valence-corrected chi connectivity index (χ3v) is 4.91. The molecule has 124 valence electrons. The van der Waals surface area contributed by atoms with Crippen LogP contribution in [0.2, 0.25) is 0 Å². The molecule has 0 saturated heterocycles. The molecule has 24 heavy (non-hydrogen) atoms. The van der Waals surface area contributed by atoms with Gasteiger partial charge in [0.05, 0.1) is 5.75 Å². The predicted octanol–water partition coefficient (Wildman–Crippen LogP) is 2.46. The van der Waals surface area contributed by atoms with Crippen LogP contribution in [0.1, 0.15) is 10.4 Å². The van der Waals surface area contributed by atoms with Crippen molar-refractivity contribution in [3.05, 3.63) is 40.9 Å². The highest BCUT2D eigenvalue weighted by molar-refractivity contribution is 7.99. The van der Waals surface area contributed by atoms with Crippen molar-refractivity contribution in [1.82, 2.24) is 19.9 Å². The molecule has 0 bridgehead atoms. The van der Waals surface area contributed by atoms with Gasteiger partial charge in [-0.1, -0.05) is 35.5 Å². The second-order valence-electron chi connectivity index (χ2n) is 5.16. The quantitative estimate of drug-likeness (QED) is 0.536. The Morgan fingerprint density at radius 2 is 2.21 bits per heavy atom. The molecule has 1 amide bonds. The molecule has 0 aliphatic rings. The molecule has 2 heterocycles. The Balaban J connectivity index is 1.65. The number of nitrogens with zero attached hydrogens (tertiary/aromatic N) is 4. The molecule has 0 radical (unpaired) electrons. The summed E-state index contributed by atoms with van der Waals surface area (Å²) in [5.41, 5.74) is 2.00. The molecule has 0 aliphatic carbocycles. The zero-order valence-electron chi connectivity index (χ0n) is 13.2. The first-order chi connectivity index (χ1) is 11.5. The van der Waals surface area contributed by atoms with Gasteiger partial charge in [0.15, 0.2) is 11.0 Å². The van der Waals surface area contributed by atoms with Crippen molar-refractivity contribution < 1.29 is 4.79 Å². The van der Waals surface area contributed by atoms with Gasteiger partial charge in [0.1, 0.15) is 0 Å². The highest BCUT2D eigenvalue weighted by Gasteiger charge is 2.14. The first-order valence-electron chi connectivity index (χ1n) is 7.15. The summed E-state index contributed by atoms with van der Waals surface area (Å²) in [6, 6.07) is 7.85. The molecule has 0 unspecified atom stereocenters. The molecule has 2 aromatic heterocycles. The van der Waals surface area contributed by atoms with E-state index in [0.717, 1.165) is 16.0 Å². The van der Waals surface area contributed by atoms with Crippen LogP contribution in [0.3, 0.4) is 0 Å². The van der Waals surface area contributed by atoms with E-state index in [1.54, 1.807) is 6.20 Å². The largest absolute Gasteiger partial charge is 0.335 e. The van der Waals surface area contributed by atoms with Crippen LogP contribution in [-0.2, 0) is 4.79 Å². The zero-order valence-corrected chi connectivity index (χ0v) is 14.8. The summed E-state index contributed by atoms with van der Waals surface area (Å²) >= 11 is 2.66. The SMILES string of the molecule is Cc1cccc(-c2nnc(SCC(=O)Nc3ncc(C)s3)n2N)c1. The van der Waals surface area contributed by atoms with E-state index in [1.165, 1.54) is 27.8 Å². The predicted molar refractivity (Wildman–Crippen MR) is 96.6 cm³/mol. The Bertz CT molecular complexity index is 872. The Morgan fingerprint density at radius 1 is 1.38 bits per heavy atom. The number of thiazole rings is 1. The molecule has 0 spiro atoms. The van der Waals surface area contributed by atoms with E-state index in [9.17, 15) is 4.79 Å². The topological polar surface area (TPSA) is 98.7 Å². The van der Waals surface area contributed by atoms with Gasteiger partial charge >= 0.3 is 0 Å². The average Bonchev–Trinajstić information content (AvgIpc) is 3.11. The minimum Gasteiger partial charge on any atom is -0.335 e. The summed E-state index contributed by atoms with van der Waals surface area (Å²) < 4.78 is 1.40. The number of nitrogen functional groups attached to an aromatic ring is 1. The smallest absolute Gasteiger partial charge is 0.236 e. The monoisotopic (exact) mass is 360 g/mol. The minimum absolute atomic E-state index is 0.158. The lowest BCUT2D eigenvalue weighted by Gasteiger charge is -2.04. The van der Waals surface area contributed by atoms with Crippen LogP contribution in [0.25, 0.3) is 11.4 Å². The van der Waals surface area contributed by atoms with Crippen molar-refractivity contribution in [2.45, 2.75) is 19.0 Å². The van der Waals surface area contributed by atoms with Gasteiger partial charge < -0.3 is 11.2 Å². The van der Waals surface area contributed by atoms with Crippen molar-refractivity contribution in [3.8, 4) is 11.4 Å². The number of rotatable bonds is 5. The fraction of sp³-hybridized carbons (Fsp3) is 0.200. The van der Waals surface area contributed by atoms with Gasteiger partial charge in [-0.15, -0.1) is 21.5 Å². The highest BCUT2D eigenvalue weighted by Crippen LogP contribution is 2.23. The van der Waals surface area contributed by atoms with Crippen LogP contribution in [0.15, 0.2) is 35.6 Å². The summed E-state index contributed by atoms with van der Waals surface area (Å²) in [4.78, 5) is 17.1. The van der Waals surface area contributed by atoms with Crippen molar-refractivity contribution in [2.24, 2.45) is 0 Å². The molecule has 9 heteroatoms. The van der Waals surface area contributed by atoms with Gasteiger partial charge in [0.2, 0.25) is 11.1 Å². The Hall–Kier alpha value is -2.39. The number of benzene rings is 1. The lowest BCUT2D eigenvalue weighted by molar-refractivity contribution is -0.113. The molecule has 1 aromatic carbocycles. The number of aryl methyl sites for hydroxylation is 2. The second kappa shape index (κ2) is 7.02. The summed E-state index contributed by atoms with van der Waals surface area (Å²) in [6.07, 6.45) is 1.72. The third-order valence-electron chi connectivity index (χ3n) is 3.14.